The molecule has 4 aromatic rings. The number of thiophene rings is 1. The number of carboxylic acid groups (broad SMARTS) is 1. The second-order valence-corrected chi connectivity index (χ2v) is 8.63. The molecule has 0 saturated carbocycles. The Balaban J connectivity index is 1.53. The van der Waals surface area contributed by atoms with E-state index in [1.54, 1.807) is 16.7 Å². The molecule has 32 heavy (non-hydrogen) atoms. The summed E-state index contributed by atoms with van der Waals surface area (Å²) in [5.74, 6) is 0.312. The average Bonchev–Trinajstić information content (AvgIpc) is 3.19. The summed E-state index contributed by atoms with van der Waals surface area (Å²) in [4.78, 5) is 29.7. The van der Waals surface area contributed by atoms with E-state index in [0.29, 0.717) is 36.5 Å². The number of hydrogen-bond acceptors (Lipinski definition) is 5. The van der Waals surface area contributed by atoms with Crippen LogP contribution in [0.4, 0.5) is 0 Å². The normalized spacial score (nSPS) is 11.1. The van der Waals surface area contributed by atoms with Gasteiger partial charge in [0.15, 0.2) is 0 Å². The summed E-state index contributed by atoms with van der Waals surface area (Å²) in [5, 5.41) is 11.6. The molecule has 0 radical (unpaired) electrons. The number of aryl methyl sites for hydroxylation is 3. The van der Waals surface area contributed by atoms with Gasteiger partial charge in [0, 0.05) is 17.5 Å². The number of aromatic nitrogens is 2. The van der Waals surface area contributed by atoms with Gasteiger partial charge in [0.2, 0.25) is 0 Å². The first kappa shape index (κ1) is 21.8. The molecule has 4 rings (SSSR count). The van der Waals surface area contributed by atoms with E-state index in [1.807, 2.05) is 12.3 Å². The van der Waals surface area contributed by atoms with Crippen molar-refractivity contribution in [2.75, 3.05) is 6.61 Å². The summed E-state index contributed by atoms with van der Waals surface area (Å²) in [7, 11) is 0. The van der Waals surface area contributed by atoms with Gasteiger partial charge in [-0.3, -0.25) is 9.36 Å². The van der Waals surface area contributed by atoms with Crippen molar-refractivity contribution in [2.24, 2.45) is 0 Å². The molecule has 2 heterocycles. The van der Waals surface area contributed by atoms with Gasteiger partial charge >= 0.3 is 5.97 Å². The molecule has 0 spiro atoms. The maximum atomic E-state index is 13.4. The maximum absolute atomic E-state index is 13.4. The smallest absolute Gasteiger partial charge is 0.335 e. The van der Waals surface area contributed by atoms with Gasteiger partial charge in [-0.1, -0.05) is 18.2 Å². The Kier molecular flexibility index (Phi) is 6.10. The van der Waals surface area contributed by atoms with E-state index in [0.717, 1.165) is 16.0 Å². The van der Waals surface area contributed by atoms with Gasteiger partial charge in [0.05, 0.1) is 17.6 Å². The van der Waals surface area contributed by atoms with E-state index in [4.69, 9.17) is 9.84 Å². The lowest BCUT2D eigenvalue weighted by atomic mass is 10.0. The number of ether oxygens (including phenoxy) is 1. The lowest BCUT2D eigenvalue weighted by Crippen LogP contribution is -2.24. The molecule has 0 unspecified atom stereocenters. The van der Waals surface area contributed by atoms with Crippen molar-refractivity contribution in [3.05, 3.63) is 80.7 Å². The van der Waals surface area contributed by atoms with E-state index in [9.17, 15) is 9.59 Å². The molecule has 2 aromatic carbocycles. The molecule has 6 nitrogen and oxygen atoms in total. The van der Waals surface area contributed by atoms with Crippen molar-refractivity contribution < 1.29 is 14.6 Å². The minimum atomic E-state index is -0.970. The third-order valence-electron chi connectivity index (χ3n) is 5.60. The highest BCUT2D eigenvalue weighted by molar-refractivity contribution is 7.17. The molecule has 7 heteroatoms. The average molecular weight is 449 g/mol. The van der Waals surface area contributed by atoms with Crippen molar-refractivity contribution in [1.29, 1.82) is 0 Å². The molecule has 0 amide bonds. The van der Waals surface area contributed by atoms with Crippen LogP contribution >= 0.6 is 11.3 Å². The summed E-state index contributed by atoms with van der Waals surface area (Å²) >= 11 is 1.49. The third kappa shape index (κ3) is 4.29. The van der Waals surface area contributed by atoms with Gasteiger partial charge in [-0.25, -0.2) is 9.78 Å². The van der Waals surface area contributed by atoms with Crippen molar-refractivity contribution in [3.8, 4) is 16.9 Å². The third-order valence-corrected chi connectivity index (χ3v) is 6.47. The van der Waals surface area contributed by atoms with Crippen LogP contribution in [0.1, 0.15) is 33.7 Å². The predicted molar refractivity (Wildman–Crippen MR) is 127 cm³/mol. The molecule has 0 saturated heterocycles. The fourth-order valence-electron chi connectivity index (χ4n) is 3.62. The van der Waals surface area contributed by atoms with E-state index in [1.165, 1.54) is 34.6 Å². The summed E-state index contributed by atoms with van der Waals surface area (Å²) in [6.07, 6.45) is 0.623. The SMILES string of the molecule is Cc1ccc(-c2csc3nc(C)n(CCCOc4ccc(C(=O)O)cc4)c(=O)c23)cc1C. The van der Waals surface area contributed by atoms with Gasteiger partial charge in [-0.2, -0.15) is 0 Å². The summed E-state index contributed by atoms with van der Waals surface area (Å²) in [6, 6.07) is 12.5. The highest BCUT2D eigenvalue weighted by atomic mass is 32.1. The van der Waals surface area contributed by atoms with Crippen LogP contribution in [0.2, 0.25) is 0 Å². The monoisotopic (exact) mass is 448 g/mol. The van der Waals surface area contributed by atoms with Crippen LogP contribution < -0.4 is 10.3 Å². The number of benzene rings is 2. The van der Waals surface area contributed by atoms with Gasteiger partial charge in [-0.05, 0) is 68.1 Å². The Hall–Kier alpha value is -3.45. The molecular formula is C25H24N2O4S. The van der Waals surface area contributed by atoms with Crippen LogP contribution in [0.15, 0.2) is 52.6 Å². The first-order chi connectivity index (χ1) is 15.3. The van der Waals surface area contributed by atoms with Crippen LogP contribution in [0.3, 0.4) is 0 Å². The topological polar surface area (TPSA) is 81.4 Å². The van der Waals surface area contributed by atoms with Crippen LogP contribution in [-0.4, -0.2) is 27.2 Å². The number of nitrogens with zero attached hydrogens (tertiary/aromatic N) is 2. The number of hydrogen-bond donors (Lipinski definition) is 1. The lowest BCUT2D eigenvalue weighted by molar-refractivity contribution is 0.0697. The van der Waals surface area contributed by atoms with E-state index in [-0.39, 0.29) is 11.1 Å². The zero-order valence-electron chi connectivity index (χ0n) is 18.2. The fraction of sp³-hybridized carbons (Fsp3) is 0.240. The molecule has 0 aliphatic rings. The lowest BCUT2D eigenvalue weighted by Gasteiger charge is -2.11. The predicted octanol–water partition coefficient (Wildman–Crippen LogP) is 5.22. The van der Waals surface area contributed by atoms with Gasteiger partial charge in [-0.15, -0.1) is 11.3 Å². The standard InChI is InChI=1S/C25H24N2O4S/c1-15-5-6-19(13-16(15)2)21-14-32-23-22(21)24(28)27(17(3)26-23)11-4-12-31-20-9-7-18(8-10-20)25(29)30/h5-10,13-14H,4,11-12H2,1-3H3,(H,29,30). The van der Waals surface area contributed by atoms with Crippen molar-refractivity contribution >= 4 is 27.5 Å². The van der Waals surface area contributed by atoms with E-state index >= 15 is 0 Å². The fourth-order valence-corrected chi connectivity index (χ4v) is 4.60. The Labute approximate surface area is 189 Å². The molecule has 1 N–H and O–H groups in total. The van der Waals surface area contributed by atoms with Crippen molar-refractivity contribution in [2.45, 2.75) is 33.7 Å². The highest BCUT2D eigenvalue weighted by Crippen LogP contribution is 2.32. The second-order valence-electron chi connectivity index (χ2n) is 7.78. The number of carboxylic acids is 1. The number of fused-ring (bicyclic) bond motifs is 1. The first-order valence-electron chi connectivity index (χ1n) is 10.4. The van der Waals surface area contributed by atoms with E-state index in [2.05, 4.69) is 37.0 Å². The minimum Gasteiger partial charge on any atom is -0.494 e. The van der Waals surface area contributed by atoms with Crippen molar-refractivity contribution in [1.82, 2.24) is 9.55 Å². The summed E-state index contributed by atoms with van der Waals surface area (Å²) < 4.78 is 7.41. The van der Waals surface area contributed by atoms with Crippen LogP contribution in [0, 0.1) is 20.8 Å². The molecule has 0 fully saturated rings. The molecule has 164 valence electrons. The highest BCUT2D eigenvalue weighted by Gasteiger charge is 2.16. The number of rotatable bonds is 7. The second kappa shape index (κ2) is 8.96. The molecule has 0 aliphatic heterocycles. The molecule has 2 aromatic heterocycles. The Morgan fingerprint density at radius 3 is 2.53 bits per heavy atom. The van der Waals surface area contributed by atoms with Crippen molar-refractivity contribution in [3.63, 3.8) is 0 Å². The molecule has 0 aliphatic carbocycles. The zero-order valence-corrected chi connectivity index (χ0v) is 19.0. The maximum Gasteiger partial charge on any atom is 0.335 e. The first-order valence-corrected chi connectivity index (χ1v) is 11.3. The van der Waals surface area contributed by atoms with Crippen LogP contribution in [-0.2, 0) is 6.54 Å². The van der Waals surface area contributed by atoms with E-state index < -0.39 is 5.97 Å². The quantitative estimate of drug-likeness (QED) is 0.392. The van der Waals surface area contributed by atoms with Gasteiger partial charge in [0.25, 0.3) is 5.56 Å². The van der Waals surface area contributed by atoms with Crippen LogP contribution in [0.5, 0.6) is 5.75 Å². The Morgan fingerprint density at radius 2 is 1.84 bits per heavy atom. The zero-order chi connectivity index (χ0) is 22.8. The molecule has 0 bridgehead atoms. The van der Waals surface area contributed by atoms with Crippen LogP contribution in [0.25, 0.3) is 21.3 Å². The number of carbonyl (C=O) groups is 1. The minimum absolute atomic E-state index is 0.0345. The van der Waals surface area contributed by atoms with Gasteiger partial charge < -0.3 is 9.84 Å². The number of aromatic carboxylic acids is 1. The Morgan fingerprint density at radius 1 is 1.09 bits per heavy atom. The summed E-state index contributed by atoms with van der Waals surface area (Å²) in [5.41, 5.74) is 4.55. The summed E-state index contributed by atoms with van der Waals surface area (Å²) in [6.45, 7) is 6.89. The van der Waals surface area contributed by atoms with Gasteiger partial charge in [0.1, 0.15) is 16.4 Å². The Bertz CT molecular complexity index is 1350. The molecular weight excluding hydrogens is 424 g/mol. The molecule has 0 atom stereocenters. The largest absolute Gasteiger partial charge is 0.494 e.